The fourth-order valence-corrected chi connectivity index (χ4v) is 2.65. The van der Waals surface area contributed by atoms with Crippen molar-refractivity contribution in [3.63, 3.8) is 0 Å². The number of methoxy groups -OCH3 is 1. The van der Waals surface area contributed by atoms with E-state index in [-0.39, 0.29) is 0 Å². The van der Waals surface area contributed by atoms with Crippen molar-refractivity contribution in [1.29, 1.82) is 0 Å². The second-order valence-electron chi connectivity index (χ2n) is 5.13. The first-order chi connectivity index (χ1) is 10.2. The molecule has 3 rings (SSSR count). The first-order valence-corrected chi connectivity index (χ1v) is 6.93. The Bertz CT molecular complexity index is 681. The zero-order chi connectivity index (χ0) is 14.8. The van der Waals surface area contributed by atoms with Gasteiger partial charge in [0.15, 0.2) is 0 Å². The van der Waals surface area contributed by atoms with E-state index >= 15 is 0 Å². The number of hydrogen-bond acceptors (Lipinski definition) is 5. The number of amides is 1. The predicted octanol–water partition coefficient (Wildman–Crippen LogP) is 1.12. The first-order valence-electron chi connectivity index (χ1n) is 6.93. The third-order valence-electron chi connectivity index (χ3n) is 3.75. The molecule has 2 aromatic rings. The largest absolute Gasteiger partial charge is 0.496 e. The first kappa shape index (κ1) is 13.6. The van der Waals surface area contributed by atoms with Crippen LogP contribution in [0.25, 0.3) is 10.8 Å². The highest BCUT2D eigenvalue weighted by atomic mass is 16.5. The van der Waals surface area contributed by atoms with Crippen molar-refractivity contribution in [3.05, 3.63) is 30.0 Å². The highest BCUT2D eigenvalue weighted by Crippen LogP contribution is 2.30. The number of ether oxygens (including phenoxy) is 1. The molecule has 1 aliphatic heterocycles. The molecule has 1 fully saturated rings. The lowest BCUT2D eigenvalue weighted by Gasteiger charge is -2.15. The molecular weight excluding hydrogens is 268 g/mol. The normalized spacial score (nSPS) is 17.9. The number of primary amides is 1. The van der Waals surface area contributed by atoms with Crippen molar-refractivity contribution in [2.75, 3.05) is 25.5 Å². The number of carbonyl (C=O) groups excluding carboxylic acids is 1. The Kier molecular flexibility index (Phi) is 3.62. The van der Waals surface area contributed by atoms with Crippen molar-refractivity contribution in [2.24, 2.45) is 5.73 Å². The summed E-state index contributed by atoms with van der Waals surface area (Å²) >= 11 is 0. The van der Waals surface area contributed by atoms with E-state index in [0.29, 0.717) is 17.4 Å². The van der Waals surface area contributed by atoms with Gasteiger partial charge in [0.1, 0.15) is 11.6 Å². The molecule has 1 aromatic carbocycles. The third kappa shape index (κ3) is 2.62. The second kappa shape index (κ2) is 5.57. The van der Waals surface area contributed by atoms with Crippen LogP contribution in [0, 0.1) is 0 Å². The standard InChI is InChI=1S/C15H18N4O2/c1-21-13-7-11-9(6-12(13)14(16)20)2-5-18-15(11)19-10-3-4-17-8-10/h2,5-7,10,17H,3-4,8H2,1H3,(H2,16,20)(H,18,19)/t10-/m1/s1. The molecule has 0 unspecified atom stereocenters. The molecule has 1 aromatic heterocycles. The van der Waals surface area contributed by atoms with Crippen LogP contribution in [0.4, 0.5) is 5.82 Å². The monoisotopic (exact) mass is 286 g/mol. The SMILES string of the molecule is COc1cc2c(N[C@@H]3CCNC3)nccc2cc1C(N)=O. The zero-order valence-corrected chi connectivity index (χ0v) is 11.8. The van der Waals surface area contributed by atoms with Crippen LogP contribution in [0.5, 0.6) is 5.75 Å². The molecule has 2 heterocycles. The van der Waals surface area contributed by atoms with Gasteiger partial charge in [-0.2, -0.15) is 0 Å². The van der Waals surface area contributed by atoms with Crippen LogP contribution >= 0.6 is 0 Å². The molecule has 0 bridgehead atoms. The Hall–Kier alpha value is -2.34. The number of benzene rings is 1. The summed E-state index contributed by atoms with van der Waals surface area (Å²) in [5, 5.41) is 8.58. The van der Waals surface area contributed by atoms with Crippen LogP contribution in [-0.4, -0.2) is 37.1 Å². The average Bonchev–Trinajstić information content (AvgIpc) is 2.99. The molecule has 6 heteroatoms. The summed E-state index contributed by atoms with van der Waals surface area (Å²) in [5.74, 6) is 0.770. The quantitative estimate of drug-likeness (QED) is 0.783. The number of aromatic nitrogens is 1. The summed E-state index contributed by atoms with van der Waals surface area (Å²) in [5.41, 5.74) is 5.77. The number of hydrogen-bond donors (Lipinski definition) is 3. The Labute approximate surface area is 122 Å². The molecule has 4 N–H and O–H groups in total. The van der Waals surface area contributed by atoms with Crippen LogP contribution < -0.4 is 21.1 Å². The molecule has 1 saturated heterocycles. The van der Waals surface area contributed by atoms with Crippen molar-refractivity contribution in [2.45, 2.75) is 12.5 Å². The number of anilines is 1. The van der Waals surface area contributed by atoms with E-state index in [1.807, 2.05) is 12.1 Å². The molecule has 0 saturated carbocycles. The van der Waals surface area contributed by atoms with Gasteiger partial charge in [-0.1, -0.05) is 0 Å². The van der Waals surface area contributed by atoms with Crippen LogP contribution in [0.2, 0.25) is 0 Å². The van der Waals surface area contributed by atoms with Gasteiger partial charge in [0, 0.05) is 24.2 Å². The van der Waals surface area contributed by atoms with Gasteiger partial charge in [-0.05, 0) is 36.6 Å². The van der Waals surface area contributed by atoms with Crippen molar-refractivity contribution >= 4 is 22.5 Å². The molecule has 6 nitrogen and oxygen atoms in total. The topological polar surface area (TPSA) is 89.3 Å². The van der Waals surface area contributed by atoms with Crippen molar-refractivity contribution in [1.82, 2.24) is 10.3 Å². The van der Waals surface area contributed by atoms with Gasteiger partial charge in [-0.3, -0.25) is 4.79 Å². The van der Waals surface area contributed by atoms with E-state index in [2.05, 4.69) is 15.6 Å². The van der Waals surface area contributed by atoms with E-state index in [1.54, 1.807) is 12.3 Å². The zero-order valence-electron chi connectivity index (χ0n) is 11.8. The molecule has 1 atom stereocenters. The van der Waals surface area contributed by atoms with Crippen LogP contribution in [0.1, 0.15) is 16.8 Å². The van der Waals surface area contributed by atoms with Crippen LogP contribution in [-0.2, 0) is 0 Å². The average molecular weight is 286 g/mol. The number of nitrogens with zero attached hydrogens (tertiary/aromatic N) is 1. The summed E-state index contributed by atoms with van der Waals surface area (Å²) in [4.78, 5) is 15.9. The predicted molar refractivity (Wildman–Crippen MR) is 81.7 cm³/mol. The Morgan fingerprint density at radius 1 is 1.52 bits per heavy atom. The third-order valence-corrected chi connectivity index (χ3v) is 3.75. The number of fused-ring (bicyclic) bond motifs is 1. The minimum absolute atomic E-state index is 0.366. The molecule has 0 radical (unpaired) electrons. The fraction of sp³-hybridized carbons (Fsp3) is 0.333. The van der Waals surface area contributed by atoms with Gasteiger partial charge in [0.2, 0.25) is 0 Å². The molecule has 1 amide bonds. The van der Waals surface area contributed by atoms with Gasteiger partial charge in [-0.25, -0.2) is 4.98 Å². The maximum atomic E-state index is 11.5. The Morgan fingerprint density at radius 3 is 3.05 bits per heavy atom. The maximum absolute atomic E-state index is 11.5. The maximum Gasteiger partial charge on any atom is 0.252 e. The van der Waals surface area contributed by atoms with Gasteiger partial charge < -0.3 is 21.1 Å². The van der Waals surface area contributed by atoms with E-state index in [9.17, 15) is 4.79 Å². The summed E-state index contributed by atoms with van der Waals surface area (Å²) in [6.07, 6.45) is 2.79. The molecule has 0 spiro atoms. The lowest BCUT2D eigenvalue weighted by atomic mass is 10.1. The summed E-state index contributed by atoms with van der Waals surface area (Å²) in [7, 11) is 1.53. The van der Waals surface area contributed by atoms with E-state index in [0.717, 1.165) is 36.1 Å². The summed E-state index contributed by atoms with van der Waals surface area (Å²) in [6, 6.07) is 5.78. The van der Waals surface area contributed by atoms with Gasteiger partial charge in [0.25, 0.3) is 5.91 Å². The fourth-order valence-electron chi connectivity index (χ4n) is 2.65. The summed E-state index contributed by atoms with van der Waals surface area (Å²) < 4.78 is 5.27. The molecule has 0 aliphatic carbocycles. The second-order valence-corrected chi connectivity index (χ2v) is 5.13. The minimum atomic E-state index is -0.500. The highest BCUT2D eigenvalue weighted by molar-refractivity contribution is 6.03. The molecular formula is C15H18N4O2. The number of rotatable bonds is 4. The van der Waals surface area contributed by atoms with E-state index in [4.69, 9.17) is 10.5 Å². The number of nitrogens with one attached hydrogen (secondary N) is 2. The molecule has 1 aliphatic rings. The highest BCUT2D eigenvalue weighted by Gasteiger charge is 2.17. The van der Waals surface area contributed by atoms with Gasteiger partial charge in [-0.15, -0.1) is 0 Å². The van der Waals surface area contributed by atoms with Crippen molar-refractivity contribution < 1.29 is 9.53 Å². The van der Waals surface area contributed by atoms with Crippen LogP contribution in [0.15, 0.2) is 24.4 Å². The summed E-state index contributed by atoms with van der Waals surface area (Å²) in [6.45, 7) is 1.94. The number of carbonyl (C=O) groups is 1. The molecule has 110 valence electrons. The lowest BCUT2D eigenvalue weighted by Crippen LogP contribution is -2.22. The van der Waals surface area contributed by atoms with Crippen LogP contribution in [0.3, 0.4) is 0 Å². The minimum Gasteiger partial charge on any atom is -0.496 e. The smallest absolute Gasteiger partial charge is 0.252 e. The lowest BCUT2D eigenvalue weighted by molar-refractivity contribution is 0.0997. The Balaban J connectivity index is 2.06. The number of nitrogens with two attached hydrogens (primary N) is 1. The molecule has 21 heavy (non-hydrogen) atoms. The number of pyridine rings is 1. The van der Waals surface area contributed by atoms with Gasteiger partial charge >= 0.3 is 0 Å². The van der Waals surface area contributed by atoms with E-state index < -0.39 is 5.91 Å². The van der Waals surface area contributed by atoms with E-state index in [1.165, 1.54) is 7.11 Å². The Morgan fingerprint density at radius 2 is 2.38 bits per heavy atom. The van der Waals surface area contributed by atoms with Gasteiger partial charge in [0.05, 0.1) is 12.7 Å². The van der Waals surface area contributed by atoms with Crippen molar-refractivity contribution in [3.8, 4) is 5.75 Å².